The van der Waals surface area contributed by atoms with Crippen molar-refractivity contribution in [1.29, 1.82) is 0 Å². The minimum absolute atomic E-state index is 0.489. The van der Waals surface area contributed by atoms with Crippen molar-refractivity contribution in [1.82, 2.24) is 15.0 Å². The molecule has 3 nitrogen and oxygen atoms in total. The SMILES string of the molecule is c1ccc(-c2cc(-c3ccc(-c4cccc(-c5nc6ccccc6c6cc7c(cc56)-c5ccccc5C7(c5ccccc5)c5ccccc5)c4)cc3)nc(-c3ccccc3)n2)cc1. The van der Waals surface area contributed by atoms with Gasteiger partial charge in [-0.1, -0.05) is 206 Å². The lowest BCUT2D eigenvalue weighted by Gasteiger charge is -2.34. The van der Waals surface area contributed by atoms with Crippen LogP contribution in [0.4, 0.5) is 0 Å². The Balaban J connectivity index is 0.999. The summed E-state index contributed by atoms with van der Waals surface area (Å²) < 4.78 is 0. The molecule has 294 valence electrons. The van der Waals surface area contributed by atoms with E-state index < -0.39 is 5.41 Å². The van der Waals surface area contributed by atoms with Crippen molar-refractivity contribution in [3.8, 4) is 67.4 Å². The van der Waals surface area contributed by atoms with Gasteiger partial charge in [0, 0.05) is 33.0 Å². The summed E-state index contributed by atoms with van der Waals surface area (Å²) in [4.78, 5) is 15.5. The summed E-state index contributed by atoms with van der Waals surface area (Å²) in [5, 5.41) is 3.48. The minimum Gasteiger partial charge on any atom is -0.247 e. The number of nitrogens with zero attached hydrogens (tertiary/aromatic N) is 3. The van der Waals surface area contributed by atoms with Gasteiger partial charge in [-0.25, -0.2) is 15.0 Å². The van der Waals surface area contributed by atoms with Crippen LogP contribution in [0.2, 0.25) is 0 Å². The van der Waals surface area contributed by atoms with E-state index in [9.17, 15) is 0 Å². The number of hydrogen-bond donors (Lipinski definition) is 0. The summed E-state index contributed by atoms with van der Waals surface area (Å²) in [5.74, 6) is 0.707. The fourth-order valence-electron chi connectivity index (χ4n) is 9.85. The van der Waals surface area contributed by atoms with Crippen LogP contribution in [0.15, 0.2) is 237 Å². The second-order valence-electron chi connectivity index (χ2n) is 16.3. The Morgan fingerprint density at radius 1 is 0.286 bits per heavy atom. The maximum atomic E-state index is 5.45. The van der Waals surface area contributed by atoms with Gasteiger partial charge in [0.25, 0.3) is 0 Å². The molecule has 1 aliphatic rings. The molecule has 2 aromatic heterocycles. The molecule has 63 heavy (non-hydrogen) atoms. The van der Waals surface area contributed by atoms with Crippen molar-refractivity contribution in [2.45, 2.75) is 5.41 Å². The highest BCUT2D eigenvalue weighted by atomic mass is 14.9. The Morgan fingerprint density at radius 3 is 1.52 bits per heavy atom. The first kappa shape index (κ1) is 36.6. The predicted octanol–water partition coefficient (Wildman–Crippen LogP) is 14.9. The smallest absolute Gasteiger partial charge is 0.160 e. The maximum absolute atomic E-state index is 5.45. The van der Waals surface area contributed by atoms with Crippen molar-refractivity contribution in [2.75, 3.05) is 0 Å². The van der Waals surface area contributed by atoms with Crippen LogP contribution in [0, 0.1) is 0 Å². The third kappa shape index (κ3) is 6.08. The van der Waals surface area contributed by atoms with E-state index in [1.54, 1.807) is 0 Å². The van der Waals surface area contributed by atoms with Crippen molar-refractivity contribution >= 4 is 21.7 Å². The third-order valence-corrected chi connectivity index (χ3v) is 12.8. The van der Waals surface area contributed by atoms with Crippen molar-refractivity contribution in [3.63, 3.8) is 0 Å². The first-order chi connectivity index (χ1) is 31.2. The van der Waals surface area contributed by atoms with Gasteiger partial charge in [-0.2, -0.15) is 0 Å². The number of rotatable bonds is 7. The molecule has 1 aliphatic carbocycles. The molecule has 0 N–H and O–H groups in total. The van der Waals surface area contributed by atoms with E-state index >= 15 is 0 Å². The Labute approximate surface area is 366 Å². The molecule has 11 aromatic rings. The molecular formula is C60H39N3. The zero-order valence-electron chi connectivity index (χ0n) is 34.4. The zero-order valence-corrected chi connectivity index (χ0v) is 34.4. The van der Waals surface area contributed by atoms with Crippen LogP contribution in [-0.2, 0) is 5.41 Å². The third-order valence-electron chi connectivity index (χ3n) is 12.8. The monoisotopic (exact) mass is 801 g/mol. The van der Waals surface area contributed by atoms with Crippen molar-refractivity contribution in [3.05, 3.63) is 259 Å². The molecule has 0 unspecified atom stereocenters. The highest BCUT2D eigenvalue weighted by molar-refractivity contribution is 6.13. The Morgan fingerprint density at radius 2 is 0.825 bits per heavy atom. The number of aromatic nitrogens is 3. The van der Waals surface area contributed by atoms with Gasteiger partial charge in [-0.15, -0.1) is 0 Å². The van der Waals surface area contributed by atoms with E-state index in [1.807, 2.05) is 36.4 Å². The molecular weight excluding hydrogens is 763 g/mol. The fourth-order valence-corrected chi connectivity index (χ4v) is 9.85. The zero-order chi connectivity index (χ0) is 41.7. The van der Waals surface area contributed by atoms with Crippen LogP contribution >= 0.6 is 0 Å². The topological polar surface area (TPSA) is 38.7 Å². The molecule has 0 fully saturated rings. The molecule has 0 bridgehead atoms. The van der Waals surface area contributed by atoms with E-state index in [4.69, 9.17) is 15.0 Å². The van der Waals surface area contributed by atoms with E-state index in [2.05, 4.69) is 200 Å². The van der Waals surface area contributed by atoms with Gasteiger partial charge in [-0.05, 0) is 80.2 Å². The molecule has 0 spiro atoms. The lowest BCUT2D eigenvalue weighted by molar-refractivity contribution is 0.769. The van der Waals surface area contributed by atoms with E-state index in [1.165, 1.54) is 38.8 Å². The lowest BCUT2D eigenvalue weighted by Crippen LogP contribution is -2.28. The quantitative estimate of drug-likeness (QED) is 0.151. The lowest BCUT2D eigenvalue weighted by atomic mass is 9.67. The highest BCUT2D eigenvalue weighted by Gasteiger charge is 2.46. The van der Waals surface area contributed by atoms with Crippen molar-refractivity contribution < 1.29 is 0 Å². The highest BCUT2D eigenvalue weighted by Crippen LogP contribution is 2.57. The number of fused-ring (bicyclic) bond motifs is 6. The second-order valence-corrected chi connectivity index (χ2v) is 16.3. The average Bonchev–Trinajstić information content (AvgIpc) is 3.66. The van der Waals surface area contributed by atoms with Gasteiger partial charge in [0.1, 0.15) is 0 Å². The average molecular weight is 802 g/mol. The number of pyridine rings is 1. The standard InChI is InChI=1S/C60H39N3/c1-5-18-41(19-6-1)56-39-57(63-59(62-56)43-20-7-2-8-21-43)42-34-32-40(33-35-42)44-22-17-23-45(36-44)58-52-37-51-48-28-13-15-30-53(48)60(46-24-9-3-10-25-46,47-26-11-4-12-27-47)54(51)38-50(52)49-29-14-16-31-55(49)61-58/h1-39H. The molecule has 0 atom stereocenters. The minimum atomic E-state index is -0.489. The van der Waals surface area contributed by atoms with Crippen LogP contribution in [0.25, 0.3) is 89.1 Å². The summed E-state index contributed by atoms with van der Waals surface area (Å²) in [6, 6.07) is 84.6. The summed E-state index contributed by atoms with van der Waals surface area (Å²) in [5.41, 5.74) is 17.2. The molecule has 12 rings (SSSR count). The van der Waals surface area contributed by atoms with Gasteiger partial charge in [0.05, 0.1) is 28.0 Å². The predicted molar refractivity (Wildman–Crippen MR) is 259 cm³/mol. The van der Waals surface area contributed by atoms with E-state index in [0.29, 0.717) is 5.82 Å². The number of hydrogen-bond acceptors (Lipinski definition) is 3. The molecule has 0 saturated heterocycles. The largest absolute Gasteiger partial charge is 0.247 e. The Kier molecular flexibility index (Phi) is 8.72. The van der Waals surface area contributed by atoms with Crippen LogP contribution in [0.3, 0.4) is 0 Å². The van der Waals surface area contributed by atoms with Gasteiger partial charge in [0.15, 0.2) is 5.82 Å². The molecule has 0 radical (unpaired) electrons. The Hall–Kier alpha value is -8.27. The summed E-state index contributed by atoms with van der Waals surface area (Å²) in [6.45, 7) is 0. The fraction of sp³-hybridized carbons (Fsp3) is 0.0167. The molecule has 0 amide bonds. The van der Waals surface area contributed by atoms with Gasteiger partial charge < -0.3 is 0 Å². The molecule has 0 aliphatic heterocycles. The Bertz CT molecular complexity index is 3380. The summed E-state index contributed by atoms with van der Waals surface area (Å²) in [6.07, 6.45) is 0. The first-order valence-electron chi connectivity index (χ1n) is 21.5. The second kappa shape index (κ2) is 15.0. The molecule has 2 heterocycles. The van der Waals surface area contributed by atoms with Crippen molar-refractivity contribution in [2.24, 2.45) is 0 Å². The van der Waals surface area contributed by atoms with Crippen LogP contribution in [0.1, 0.15) is 22.3 Å². The van der Waals surface area contributed by atoms with Gasteiger partial charge in [-0.3, -0.25) is 0 Å². The van der Waals surface area contributed by atoms with E-state index in [0.717, 1.165) is 66.8 Å². The molecule has 3 heteroatoms. The van der Waals surface area contributed by atoms with E-state index in [-0.39, 0.29) is 0 Å². The normalized spacial score (nSPS) is 12.6. The van der Waals surface area contributed by atoms with Gasteiger partial charge in [0.2, 0.25) is 0 Å². The van der Waals surface area contributed by atoms with Gasteiger partial charge >= 0.3 is 0 Å². The number of para-hydroxylation sites is 1. The van der Waals surface area contributed by atoms with Crippen LogP contribution in [-0.4, -0.2) is 15.0 Å². The number of benzene rings is 9. The maximum Gasteiger partial charge on any atom is 0.160 e. The van der Waals surface area contributed by atoms with Crippen LogP contribution in [0.5, 0.6) is 0 Å². The summed E-state index contributed by atoms with van der Waals surface area (Å²) in [7, 11) is 0. The summed E-state index contributed by atoms with van der Waals surface area (Å²) >= 11 is 0. The molecule has 0 saturated carbocycles. The first-order valence-corrected chi connectivity index (χ1v) is 21.5. The van der Waals surface area contributed by atoms with Crippen LogP contribution < -0.4 is 0 Å². The molecule has 9 aromatic carbocycles.